The lowest BCUT2D eigenvalue weighted by Gasteiger charge is -2.17. The van der Waals surface area contributed by atoms with Gasteiger partial charge in [-0.3, -0.25) is 9.69 Å². The molecule has 0 aliphatic heterocycles. The van der Waals surface area contributed by atoms with E-state index in [0.29, 0.717) is 13.1 Å². The Bertz CT molecular complexity index is 560. The highest BCUT2D eigenvalue weighted by Crippen LogP contribution is 2.19. The summed E-state index contributed by atoms with van der Waals surface area (Å²) in [6.07, 6.45) is 3.65. The number of aromatic amines is 1. The number of aliphatic carboxylic acids is 1. The lowest BCUT2D eigenvalue weighted by atomic mass is 10.1. The molecule has 0 saturated carbocycles. The number of fused-ring (bicyclic) bond motifs is 1. The number of nitrogens with zero attached hydrogens (tertiary/aromatic N) is 1. The van der Waals surface area contributed by atoms with Crippen molar-refractivity contribution >= 4 is 16.9 Å². The number of carboxylic acid groups (broad SMARTS) is 1. The van der Waals surface area contributed by atoms with E-state index in [1.165, 1.54) is 0 Å². The first-order chi connectivity index (χ1) is 8.70. The number of nitrogens with one attached hydrogen (secondary N) is 1. The zero-order chi connectivity index (χ0) is 13.0. The molecule has 0 fully saturated rings. The van der Waals surface area contributed by atoms with E-state index in [1.54, 1.807) is 6.08 Å². The van der Waals surface area contributed by atoms with E-state index in [2.05, 4.69) is 11.6 Å². The largest absolute Gasteiger partial charge is 0.480 e. The minimum atomic E-state index is -0.823. The molecule has 0 spiro atoms. The van der Waals surface area contributed by atoms with Gasteiger partial charge in [-0.25, -0.2) is 0 Å². The lowest BCUT2D eigenvalue weighted by Crippen LogP contribution is -2.29. The molecular formula is C14H16N2O2. The Labute approximate surface area is 106 Å². The summed E-state index contributed by atoms with van der Waals surface area (Å²) in [7, 11) is 0. The van der Waals surface area contributed by atoms with Gasteiger partial charge in [0.2, 0.25) is 0 Å². The van der Waals surface area contributed by atoms with E-state index in [1.807, 2.05) is 35.4 Å². The summed E-state index contributed by atoms with van der Waals surface area (Å²) in [5.74, 6) is -0.823. The molecule has 0 radical (unpaired) electrons. The van der Waals surface area contributed by atoms with Gasteiger partial charge < -0.3 is 10.1 Å². The van der Waals surface area contributed by atoms with Crippen LogP contribution in [0.3, 0.4) is 0 Å². The maximum absolute atomic E-state index is 10.8. The van der Waals surface area contributed by atoms with Crippen LogP contribution in [0.4, 0.5) is 0 Å². The first-order valence-electron chi connectivity index (χ1n) is 5.80. The van der Waals surface area contributed by atoms with Crippen molar-refractivity contribution in [2.75, 3.05) is 13.1 Å². The molecule has 1 heterocycles. The Morgan fingerprint density at radius 3 is 2.94 bits per heavy atom. The molecule has 0 atom stereocenters. The van der Waals surface area contributed by atoms with Crippen molar-refractivity contribution < 1.29 is 9.90 Å². The van der Waals surface area contributed by atoms with E-state index in [4.69, 9.17) is 5.11 Å². The van der Waals surface area contributed by atoms with Gasteiger partial charge in [-0.1, -0.05) is 24.3 Å². The van der Waals surface area contributed by atoms with Gasteiger partial charge in [0.15, 0.2) is 0 Å². The average Bonchev–Trinajstić information content (AvgIpc) is 2.72. The van der Waals surface area contributed by atoms with Crippen LogP contribution in [0.15, 0.2) is 43.1 Å². The quantitative estimate of drug-likeness (QED) is 0.766. The Kier molecular flexibility index (Phi) is 3.79. The molecule has 0 saturated heterocycles. The highest BCUT2D eigenvalue weighted by molar-refractivity contribution is 5.83. The second kappa shape index (κ2) is 5.51. The molecule has 0 bridgehead atoms. The summed E-state index contributed by atoms with van der Waals surface area (Å²) < 4.78 is 0. The van der Waals surface area contributed by atoms with E-state index in [9.17, 15) is 4.79 Å². The monoisotopic (exact) mass is 244 g/mol. The predicted octanol–water partition coefficient (Wildman–Crippen LogP) is 2.24. The lowest BCUT2D eigenvalue weighted by molar-refractivity contribution is -0.138. The zero-order valence-corrected chi connectivity index (χ0v) is 10.1. The Balaban J connectivity index is 2.19. The van der Waals surface area contributed by atoms with Gasteiger partial charge in [0.1, 0.15) is 0 Å². The van der Waals surface area contributed by atoms with Gasteiger partial charge in [0.05, 0.1) is 6.54 Å². The minimum absolute atomic E-state index is 0.0194. The van der Waals surface area contributed by atoms with Crippen LogP contribution in [0.25, 0.3) is 10.9 Å². The van der Waals surface area contributed by atoms with Crippen molar-refractivity contribution in [3.05, 3.63) is 48.7 Å². The molecule has 0 aliphatic carbocycles. The highest BCUT2D eigenvalue weighted by Gasteiger charge is 2.11. The number of rotatable bonds is 6. The maximum atomic E-state index is 10.8. The number of carbonyl (C=O) groups is 1. The van der Waals surface area contributed by atoms with Crippen LogP contribution in [-0.4, -0.2) is 34.0 Å². The molecule has 1 aromatic carbocycles. The van der Waals surface area contributed by atoms with Crippen LogP contribution >= 0.6 is 0 Å². The number of benzene rings is 1. The Morgan fingerprint density at radius 2 is 2.22 bits per heavy atom. The fourth-order valence-corrected chi connectivity index (χ4v) is 2.06. The first-order valence-corrected chi connectivity index (χ1v) is 5.80. The molecule has 0 aliphatic rings. The van der Waals surface area contributed by atoms with Crippen molar-refractivity contribution in [2.45, 2.75) is 6.54 Å². The molecule has 94 valence electrons. The smallest absolute Gasteiger partial charge is 0.317 e. The maximum Gasteiger partial charge on any atom is 0.317 e. The molecule has 18 heavy (non-hydrogen) atoms. The van der Waals surface area contributed by atoms with Gasteiger partial charge in [0.25, 0.3) is 0 Å². The summed E-state index contributed by atoms with van der Waals surface area (Å²) in [6.45, 7) is 4.84. The summed E-state index contributed by atoms with van der Waals surface area (Å²) in [5.41, 5.74) is 2.18. The number of para-hydroxylation sites is 1. The molecule has 4 heteroatoms. The molecule has 0 amide bonds. The number of hydrogen-bond donors (Lipinski definition) is 2. The van der Waals surface area contributed by atoms with E-state index in [0.717, 1.165) is 16.5 Å². The van der Waals surface area contributed by atoms with E-state index in [-0.39, 0.29) is 6.54 Å². The van der Waals surface area contributed by atoms with E-state index < -0.39 is 5.97 Å². The molecule has 2 aromatic rings. The van der Waals surface area contributed by atoms with Crippen LogP contribution in [0.2, 0.25) is 0 Å². The third-order valence-corrected chi connectivity index (χ3v) is 2.82. The molecular weight excluding hydrogens is 228 g/mol. The van der Waals surface area contributed by atoms with Crippen molar-refractivity contribution in [2.24, 2.45) is 0 Å². The number of hydrogen-bond acceptors (Lipinski definition) is 2. The number of carboxylic acids is 1. The highest BCUT2D eigenvalue weighted by atomic mass is 16.4. The summed E-state index contributed by atoms with van der Waals surface area (Å²) in [4.78, 5) is 15.8. The number of aromatic nitrogens is 1. The topological polar surface area (TPSA) is 56.3 Å². The Morgan fingerprint density at radius 1 is 1.44 bits per heavy atom. The van der Waals surface area contributed by atoms with Crippen molar-refractivity contribution in [1.82, 2.24) is 9.88 Å². The summed E-state index contributed by atoms with van der Waals surface area (Å²) >= 11 is 0. The van der Waals surface area contributed by atoms with Crippen LogP contribution in [0.1, 0.15) is 5.56 Å². The standard InChI is InChI=1S/C14H16N2O2/c1-2-7-16(10-14(17)18)9-11-8-15-13-6-4-3-5-12(11)13/h2-6,8,15H,1,7,9-10H2,(H,17,18). The number of H-pyrrole nitrogens is 1. The molecule has 0 unspecified atom stereocenters. The fourth-order valence-electron chi connectivity index (χ4n) is 2.06. The van der Waals surface area contributed by atoms with Gasteiger partial charge in [0, 0.05) is 30.2 Å². The van der Waals surface area contributed by atoms with Gasteiger partial charge >= 0.3 is 5.97 Å². The third kappa shape index (κ3) is 2.78. The van der Waals surface area contributed by atoms with Gasteiger partial charge in [-0.05, 0) is 11.6 Å². The van der Waals surface area contributed by atoms with Crippen LogP contribution in [-0.2, 0) is 11.3 Å². The Hall–Kier alpha value is -2.07. The zero-order valence-electron chi connectivity index (χ0n) is 10.1. The summed E-state index contributed by atoms with van der Waals surface area (Å²) in [6, 6.07) is 8.00. The van der Waals surface area contributed by atoms with Crippen LogP contribution in [0, 0.1) is 0 Å². The van der Waals surface area contributed by atoms with E-state index >= 15 is 0 Å². The molecule has 4 nitrogen and oxygen atoms in total. The van der Waals surface area contributed by atoms with Gasteiger partial charge in [-0.2, -0.15) is 0 Å². The first kappa shape index (κ1) is 12.4. The molecule has 2 N–H and O–H groups in total. The van der Waals surface area contributed by atoms with Crippen molar-refractivity contribution in [1.29, 1.82) is 0 Å². The minimum Gasteiger partial charge on any atom is -0.480 e. The average molecular weight is 244 g/mol. The third-order valence-electron chi connectivity index (χ3n) is 2.82. The van der Waals surface area contributed by atoms with Gasteiger partial charge in [-0.15, -0.1) is 6.58 Å². The van der Waals surface area contributed by atoms with Crippen molar-refractivity contribution in [3.63, 3.8) is 0 Å². The SMILES string of the molecule is C=CCN(CC(=O)O)Cc1c[nH]c2ccccc12. The van der Waals surface area contributed by atoms with Crippen molar-refractivity contribution in [3.8, 4) is 0 Å². The second-order valence-corrected chi connectivity index (χ2v) is 4.21. The predicted molar refractivity (Wildman–Crippen MR) is 71.4 cm³/mol. The molecule has 2 rings (SSSR count). The second-order valence-electron chi connectivity index (χ2n) is 4.21. The fraction of sp³-hybridized carbons (Fsp3) is 0.214. The normalized spacial score (nSPS) is 10.9. The van der Waals surface area contributed by atoms with Crippen LogP contribution < -0.4 is 0 Å². The summed E-state index contributed by atoms with van der Waals surface area (Å²) in [5, 5.41) is 10.0. The van der Waals surface area contributed by atoms with Crippen LogP contribution in [0.5, 0.6) is 0 Å². The molecule has 1 aromatic heterocycles.